The van der Waals surface area contributed by atoms with Crippen LogP contribution in [0.4, 0.5) is 5.69 Å². The van der Waals surface area contributed by atoms with Gasteiger partial charge in [0.25, 0.3) is 5.91 Å². The minimum atomic E-state index is -3.55. The van der Waals surface area contributed by atoms with Gasteiger partial charge in [-0.2, -0.15) is 5.10 Å². The first-order chi connectivity index (χ1) is 14.9. The van der Waals surface area contributed by atoms with E-state index in [4.69, 9.17) is 0 Å². The number of sulfonamides is 1. The van der Waals surface area contributed by atoms with Crippen molar-refractivity contribution in [3.63, 3.8) is 0 Å². The fourth-order valence-corrected chi connectivity index (χ4v) is 5.75. The fourth-order valence-electron chi connectivity index (χ4n) is 3.27. The Balaban J connectivity index is 1.52. The maximum atomic E-state index is 13.1. The van der Waals surface area contributed by atoms with Crippen LogP contribution in [0.3, 0.4) is 0 Å². The lowest BCUT2D eigenvalue weighted by Crippen LogP contribution is -2.32. The van der Waals surface area contributed by atoms with Gasteiger partial charge in [0.15, 0.2) is 0 Å². The van der Waals surface area contributed by atoms with E-state index in [-0.39, 0.29) is 23.4 Å². The van der Waals surface area contributed by atoms with E-state index in [1.54, 1.807) is 39.8 Å². The molecule has 4 rings (SSSR count). The number of nitrogens with one attached hydrogen (secondary N) is 1. The SMILES string of the molecule is CN(C)S(=O)(=O)c1cccc(NCC(=O)N2N=C(c3cccs3)CC2c2cccs2)c1. The van der Waals surface area contributed by atoms with Crippen LogP contribution in [0, 0.1) is 0 Å². The van der Waals surface area contributed by atoms with Gasteiger partial charge in [-0.15, -0.1) is 22.7 Å². The summed E-state index contributed by atoms with van der Waals surface area (Å²) < 4.78 is 25.9. The zero-order valence-electron chi connectivity index (χ0n) is 17.1. The van der Waals surface area contributed by atoms with Crippen LogP contribution in [0.1, 0.15) is 22.2 Å². The Bertz CT molecular complexity index is 1190. The predicted octanol–water partition coefficient (Wildman–Crippen LogP) is 3.85. The molecule has 3 aromatic rings. The number of hydrazone groups is 1. The lowest BCUT2D eigenvalue weighted by molar-refractivity contribution is -0.131. The van der Waals surface area contributed by atoms with E-state index in [9.17, 15) is 13.2 Å². The highest BCUT2D eigenvalue weighted by Crippen LogP contribution is 2.36. The van der Waals surface area contributed by atoms with E-state index in [1.165, 1.54) is 26.2 Å². The van der Waals surface area contributed by atoms with Crippen molar-refractivity contribution in [3.8, 4) is 0 Å². The first-order valence-corrected chi connectivity index (χ1v) is 12.8. The molecule has 1 aliphatic rings. The number of rotatable bonds is 7. The summed E-state index contributed by atoms with van der Waals surface area (Å²) in [6, 6.07) is 14.3. The van der Waals surface area contributed by atoms with Gasteiger partial charge in [0, 0.05) is 31.1 Å². The molecule has 2 aromatic heterocycles. The molecule has 31 heavy (non-hydrogen) atoms. The van der Waals surface area contributed by atoms with Gasteiger partial charge >= 0.3 is 0 Å². The van der Waals surface area contributed by atoms with Gasteiger partial charge < -0.3 is 5.32 Å². The largest absolute Gasteiger partial charge is 0.376 e. The molecule has 1 amide bonds. The summed E-state index contributed by atoms with van der Waals surface area (Å²) in [6.07, 6.45) is 0.670. The van der Waals surface area contributed by atoms with Crippen LogP contribution in [-0.4, -0.2) is 50.0 Å². The Morgan fingerprint density at radius 1 is 1.16 bits per heavy atom. The molecule has 0 bridgehead atoms. The summed E-state index contributed by atoms with van der Waals surface area (Å²) >= 11 is 3.21. The van der Waals surface area contributed by atoms with E-state index in [0.29, 0.717) is 12.1 Å². The first kappa shape index (κ1) is 21.7. The predicted molar refractivity (Wildman–Crippen MR) is 125 cm³/mol. The molecule has 1 N–H and O–H groups in total. The molecule has 3 heterocycles. The van der Waals surface area contributed by atoms with Crippen molar-refractivity contribution >= 4 is 50.0 Å². The number of nitrogens with zero attached hydrogens (tertiary/aromatic N) is 3. The van der Waals surface area contributed by atoms with E-state index in [2.05, 4.69) is 10.4 Å². The lowest BCUT2D eigenvalue weighted by Gasteiger charge is -2.21. The highest BCUT2D eigenvalue weighted by Gasteiger charge is 2.33. The van der Waals surface area contributed by atoms with E-state index >= 15 is 0 Å². The normalized spacial score (nSPS) is 16.5. The number of carbonyl (C=O) groups excluding carboxylic acids is 1. The van der Waals surface area contributed by atoms with Crippen molar-refractivity contribution in [1.29, 1.82) is 0 Å². The number of thiophene rings is 2. The monoisotopic (exact) mass is 474 g/mol. The molecule has 0 aliphatic carbocycles. The van der Waals surface area contributed by atoms with Crippen LogP contribution >= 0.6 is 22.7 Å². The molecule has 1 aliphatic heterocycles. The topological polar surface area (TPSA) is 82.1 Å². The lowest BCUT2D eigenvalue weighted by atomic mass is 10.1. The summed E-state index contributed by atoms with van der Waals surface area (Å²) in [5, 5.41) is 13.2. The molecule has 0 spiro atoms. The number of carbonyl (C=O) groups is 1. The van der Waals surface area contributed by atoms with Crippen LogP contribution < -0.4 is 5.32 Å². The van der Waals surface area contributed by atoms with Crippen molar-refractivity contribution < 1.29 is 13.2 Å². The summed E-state index contributed by atoms with van der Waals surface area (Å²) in [5.74, 6) is -0.175. The smallest absolute Gasteiger partial charge is 0.262 e. The van der Waals surface area contributed by atoms with E-state index < -0.39 is 10.0 Å². The molecule has 0 radical (unpaired) electrons. The number of anilines is 1. The van der Waals surface area contributed by atoms with Gasteiger partial charge in [0.05, 0.1) is 28.1 Å². The molecular weight excluding hydrogens is 452 g/mol. The molecule has 162 valence electrons. The van der Waals surface area contributed by atoms with Gasteiger partial charge in [-0.05, 0) is 41.1 Å². The third-order valence-electron chi connectivity index (χ3n) is 4.90. The minimum Gasteiger partial charge on any atom is -0.376 e. The third kappa shape index (κ3) is 4.57. The van der Waals surface area contributed by atoms with Crippen molar-refractivity contribution in [1.82, 2.24) is 9.31 Å². The van der Waals surface area contributed by atoms with Crippen molar-refractivity contribution in [2.24, 2.45) is 5.10 Å². The zero-order chi connectivity index (χ0) is 22.0. The van der Waals surface area contributed by atoms with Crippen LogP contribution in [0.25, 0.3) is 0 Å². The van der Waals surface area contributed by atoms with Crippen molar-refractivity contribution in [2.75, 3.05) is 26.0 Å². The molecule has 10 heteroatoms. The molecule has 0 saturated heterocycles. The number of amides is 1. The highest BCUT2D eigenvalue weighted by atomic mass is 32.2. The van der Waals surface area contributed by atoms with Gasteiger partial charge in [-0.25, -0.2) is 17.7 Å². The van der Waals surface area contributed by atoms with Gasteiger partial charge in [-0.1, -0.05) is 18.2 Å². The quantitative estimate of drug-likeness (QED) is 0.564. The maximum absolute atomic E-state index is 13.1. The second-order valence-corrected chi connectivity index (χ2v) is 11.2. The maximum Gasteiger partial charge on any atom is 0.262 e. The molecular formula is C21H22N4O3S3. The van der Waals surface area contributed by atoms with Crippen molar-refractivity contribution in [2.45, 2.75) is 17.4 Å². The highest BCUT2D eigenvalue weighted by molar-refractivity contribution is 7.89. The number of benzene rings is 1. The van der Waals surface area contributed by atoms with Crippen LogP contribution in [0.15, 0.2) is 69.3 Å². The summed E-state index contributed by atoms with van der Waals surface area (Å²) in [4.78, 5) is 15.4. The summed E-state index contributed by atoms with van der Waals surface area (Å²) in [7, 11) is -0.573. The molecule has 7 nitrogen and oxygen atoms in total. The summed E-state index contributed by atoms with van der Waals surface area (Å²) in [5.41, 5.74) is 1.46. The standard InChI is InChI=1S/C21H22N4O3S3/c1-24(2)31(27,28)16-7-3-6-15(12-16)22-14-21(26)25-18(20-9-5-11-30-20)13-17(23-25)19-8-4-10-29-19/h3-12,18,22H,13-14H2,1-2H3. The molecule has 1 atom stereocenters. The fraction of sp³-hybridized carbons (Fsp3) is 0.238. The Labute approximate surface area is 189 Å². The van der Waals surface area contributed by atoms with Gasteiger partial charge in [0.2, 0.25) is 10.0 Å². The number of hydrogen-bond donors (Lipinski definition) is 1. The average molecular weight is 475 g/mol. The Morgan fingerprint density at radius 3 is 2.61 bits per heavy atom. The Kier molecular flexibility index (Phi) is 6.24. The van der Waals surface area contributed by atoms with Crippen molar-refractivity contribution in [3.05, 3.63) is 69.0 Å². The van der Waals surface area contributed by atoms with Crippen LogP contribution in [-0.2, 0) is 14.8 Å². The average Bonchev–Trinajstić information content (AvgIpc) is 3.52. The molecule has 0 fully saturated rings. The molecule has 0 saturated carbocycles. The minimum absolute atomic E-state index is 0.00849. The second-order valence-electron chi connectivity index (χ2n) is 7.17. The molecule has 1 unspecified atom stereocenters. The Hall–Kier alpha value is -2.53. The summed E-state index contributed by atoms with van der Waals surface area (Å²) in [6.45, 7) is 0.00849. The molecule has 1 aromatic carbocycles. The Morgan fingerprint density at radius 2 is 1.94 bits per heavy atom. The third-order valence-corrected chi connectivity index (χ3v) is 8.60. The van der Waals surface area contributed by atoms with Gasteiger partial charge in [-0.3, -0.25) is 4.79 Å². The zero-order valence-corrected chi connectivity index (χ0v) is 19.5. The van der Waals surface area contributed by atoms with Crippen LogP contribution in [0.5, 0.6) is 0 Å². The van der Waals surface area contributed by atoms with E-state index in [0.717, 1.165) is 19.8 Å². The van der Waals surface area contributed by atoms with Crippen LogP contribution in [0.2, 0.25) is 0 Å². The second kappa shape index (κ2) is 8.91. The number of hydrogen-bond acceptors (Lipinski definition) is 7. The van der Waals surface area contributed by atoms with Gasteiger partial charge in [0.1, 0.15) is 0 Å². The van der Waals surface area contributed by atoms with E-state index in [1.807, 2.05) is 35.0 Å². The first-order valence-electron chi connectivity index (χ1n) is 9.59.